The maximum atomic E-state index is 2.31. The first-order valence-electron chi connectivity index (χ1n) is 10.6. The number of hydrogen-bond donors (Lipinski definition) is 0. The predicted octanol–water partition coefficient (Wildman–Crippen LogP) is 6.57. The van der Waals surface area contributed by atoms with Crippen LogP contribution in [-0.4, -0.2) is 0 Å². The summed E-state index contributed by atoms with van der Waals surface area (Å²) in [5, 5.41) is 0. The molecule has 6 rings (SSSR count). The zero-order valence-corrected chi connectivity index (χ0v) is 16.8. The largest absolute Gasteiger partial charge is 0.0762 e. The SMILES string of the molecule is [CH]1[CH][C](CC([C]2[C]3C=CC=C[C]3[C]3C=CC=C[C]32)c2ccccc2)[C]2C=CC=C[C]12. The summed E-state index contributed by atoms with van der Waals surface area (Å²) in [6.07, 6.45) is 32.1. The van der Waals surface area contributed by atoms with Crippen molar-refractivity contribution in [2.45, 2.75) is 12.3 Å². The molecule has 1 aromatic rings. The lowest BCUT2D eigenvalue weighted by Crippen LogP contribution is -2.22. The van der Waals surface area contributed by atoms with E-state index in [2.05, 4.69) is 116 Å². The quantitative estimate of drug-likeness (QED) is 0.552. The lowest BCUT2D eigenvalue weighted by molar-refractivity contribution is 0.665. The van der Waals surface area contributed by atoms with Gasteiger partial charge in [-0.3, -0.25) is 0 Å². The lowest BCUT2D eigenvalue weighted by Gasteiger charge is -2.34. The Morgan fingerprint density at radius 3 is 1.77 bits per heavy atom. The molecule has 0 aliphatic heterocycles. The second-order valence-corrected chi connectivity index (χ2v) is 8.12. The van der Waals surface area contributed by atoms with E-state index in [4.69, 9.17) is 0 Å². The van der Waals surface area contributed by atoms with Crippen LogP contribution in [0.15, 0.2) is 103 Å². The molecule has 30 heavy (non-hydrogen) atoms. The van der Waals surface area contributed by atoms with E-state index in [-0.39, 0.29) is 0 Å². The highest BCUT2D eigenvalue weighted by Crippen LogP contribution is 2.63. The molecule has 5 aliphatic carbocycles. The third-order valence-corrected chi connectivity index (χ3v) is 6.47. The summed E-state index contributed by atoms with van der Waals surface area (Å²) in [5.74, 6) is 11.4. The topological polar surface area (TPSA) is 0 Å². The fourth-order valence-corrected chi connectivity index (χ4v) is 5.11. The summed E-state index contributed by atoms with van der Waals surface area (Å²) in [6, 6.07) is 11.0. The zero-order valence-electron chi connectivity index (χ0n) is 16.8. The Balaban J connectivity index is 1.37. The van der Waals surface area contributed by atoms with Gasteiger partial charge in [-0.25, -0.2) is 0 Å². The van der Waals surface area contributed by atoms with Crippen molar-refractivity contribution in [3.8, 4) is 0 Å². The Morgan fingerprint density at radius 1 is 0.533 bits per heavy atom. The third-order valence-electron chi connectivity index (χ3n) is 6.47. The van der Waals surface area contributed by atoms with E-state index in [1.165, 1.54) is 52.9 Å². The van der Waals surface area contributed by atoms with Gasteiger partial charge in [-0.15, -0.1) is 0 Å². The first-order valence-corrected chi connectivity index (χ1v) is 10.6. The second kappa shape index (κ2) is 7.73. The highest BCUT2D eigenvalue weighted by molar-refractivity contribution is 5.78. The molecule has 10 radical (unpaired) electrons. The van der Waals surface area contributed by atoms with Crippen molar-refractivity contribution in [1.29, 1.82) is 0 Å². The summed E-state index contributed by atoms with van der Waals surface area (Å²) in [7, 11) is 0. The molecule has 0 amide bonds. The van der Waals surface area contributed by atoms with Crippen molar-refractivity contribution in [3.63, 3.8) is 0 Å². The molecule has 0 saturated heterocycles. The van der Waals surface area contributed by atoms with Gasteiger partial charge >= 0.3 is 0 Å². The minimum absolute atomic E-state index is 0.307. The molecule has 1 unspecified atom stereocenters. The van der Waals surface area contributed by atoms with Crippen LogP contribution >= 0.6 is 0 Å². The van der Waals surface area contributed by atoms with Crippen molar-refractivity contribution in [2.24, 2.45) is 0 Å². The lowest BCUT2D eigenvalue weighted by atomic mass is 9.68. The maximum Gasteiger partial charge on any atom is 0.0209 e. The summed E-state index contributed by atoms with van der Waals surface area (Å²) >= 11 is 0. The monoisotopic (exact) mass is 382 g/mol. The van der Waals surface area contributed by atoms with E-state index in [1.807, 2.05) is 0 Å². The molecule has 0 N–H and O–H groups in total. The van der Waals surface area contributed by atoms with E-state index >= 15 is 0 Å². The van der Waals surface area contributed by atoms with Crippen molar-refractivity contribution < 1.29 is 0 Å². The highest BCUT2D eigenvalue weighted by Gasteiger charge is 2.53. The Labute approximate surface area is 181 Å². The van der Waals surface area contributed by atoms with Crippen molar-refractivity contribution in [3.05, 3.63) is 169 Å². The fourth-order valence-electron chi connectivity index (χ4n) is 5.11. The number of rotatable bonds is 4. The average molecular weight is 383 g/mol. The summed E-state index contributed by atoms with van der Waals surface area (Å²) < 4.78 is 0. The van der Waals surface area contributed by atoms with E-state index in [0.717, 1.165) is 6.42 Å². The molecular weight excluding hydrogens is 360 g/mol. The van der Waals surface area contributed by atoms with E-state index < -0.39 is 0 Å². The van der Waals surface area contributed by atoms with Gasteiger partial charge in [-0.2, -0.15) is 0 Å². The third kappa shape index (κ3) is 3.04. The van der Waals surface area contributed by atoms with Crippen LogP contribution in [0.25, 0.3) is 0 Å². The second-order valence-electron chi connectivity index (χ2n) is 8.12. The Bertz CT molecular complexity index is 906. The first-order chi connectivity index (χ1) is 14.9. The average Bonchev–Trinajstić information content (AvgIpc) is 3.37. The Hall–Kier alpha value is -2.34. The molecule has 0 spiro atoms. The highest BCUT2D eigenvalue weighted by atomic mass is 14.5. The molecule has 1 atom stereocenters. The van der Waals surface area contributed by atoms with Crippen molar-refractivity contribution in [1.82, 2.24) is 0 Å². The number of hydrogen-bond acceptors (Lipinski definition) is 0. The van der Waals surface area contributed by atoms with Gasteiger partial charge < -0.3 is 0 Å². The van der Waals surface area contributed by atoms with Crippen LogP contribution in [0, 0.1) is 60.2 Å². The molecule has 0 heterocycles. The van der Waals surface area contributed by atoms with Crippen LogP contribution in [-0.2, 0) is 0 Å². The molecule has 5 aliphatic rings. The molecule has 0 heteroatoms. The Morgan fingerprint density at radius 2 is 1.10 bits per heavy atom. The molecule has 2 saturated carbocycles. The van der Waals surface area contributed by atoms with Crippen LogP contribution in [0.1, 0.15) is 17.9 Å². The van der Waals surface area contributed by atoms with E-state index in [1.54, 1.807) is 0 Å². The van der Waals surface area contributed by atoms with Gasteiger partial charge in [0.15, 0.2) is 0 Å². The molecule has 0 aromatic heterocycles. The van der Waals surface area contributed by atoms with E-state index in [0.29, 0.717) is 5.92 Å². The van der Waals surface area contributed by atoms with Gasteiger partial charge in [-0.05, 0) is 36.7 Å². The summed E-state index contributed by atoms with van der Waals surface area (Å²) in [5.41, 5.74) is 1.38. The maximum absolute atomic E-state index is 2.31. The standard InChI is InChI=1S/C30H22/c1-2-10-21(11-3-1)29(20-23-19-18-22-12-4-5-13-24(22)23)30-27-16-8-6-14-25(27)26-15-7-9-17-28(26)30/h1-19,29H,20H2. The van der Waals surface area contributed by atoms with Gasteiger partial charge in [0.05, 0.1) is 0 Å². The van der Waals surface area contributed by atoms with Crippen molar-refractivity contribution >= 4 is 0 Å². The van der Waals surface area contributed by atoms with Gasteiger partial charge in [0, 0.05) is 41.4 Å². The molecular formula is C30H22. The zero-order chi connectivity index (χ0) is 19.9. The molecule has 142 valence electrons. The van der Waals surface area contributed by atoms with Gasteiger partial charge in [0.25, 0.3) is 0 Å². The summed E-state index contributed by atoms with van der Waals surface area (Å²) in [4.78, 5) is 0. The molecule has 2 fully saturated rings. The number of allylic oxidation sites excluding steroid dienone is 12. The number of benzene rings is 1. The molecule has 0 bridgehead atoms. The smallest absolute Gasteiger partial charge is 0.0209 e. The van der Waals surface area contributed by atoms with Gasteiger partial charge in [-0.1, -0.05) is 103 Å². The van der Waals surface area contributed by atoms with Gasteiger partial charge in [0.1, 0.15) is 0 Å². The minimum atomic E-state index is 0.307. The van der Waals surface area contributed by atoms with Gasteiger partial charge in [0.2, 0.25) is 0 Å². The number of fused-ring (bicyclic) bond motifs is 4. The van der Waals surface area contributed by atoms with Crippen LogP contribution in [0.4, 0.5) is 0 Å². The summed E-state index contributed by atoms with van der Waals surface area (Å²) in [6.45, 7) is 0. The van der Waals surface area contributed by atoms with Crippen molar-refractivity contribution in [2.75, 3.05) is 0 Å². The Kier molecular flexibility index (Phi) is 4.75. The van der Waals surface area contributed by atoms with Crippen LogP contribution in [0.5, 0.6) is 0 Å². The van der Waals surface area contributed by atoms with Crippen LogP contribution in [0.2, 0.25) is 0 Å². The minimum Gasteiger partial charge on any atom is -0.0762 e. The van der Waals surface area contributed by atoms with E-state index in [9.17, 15) is 0 Å². The predicted molar refractivity (Wildman–Crippen MR) is 123 cm³/mol. The molecule has 0 nitrogen and oxygen atoms in total. The van der Waals surface area contributed by atoms with Crippen LogP contribution in [0.3, 0.4) is 0 Å². The first kappa shape index (κ1) is 18.4. The normalized spacial score (nSPS) is 26.5. The van der Waals surface area contributed by atoms with Crippen LogP contribution < -0.4 is 0 Å². The molecule has 1 aromatic carbocycles. The fraction of sp³-hybridized carbons (Fsp3) is 0.0667.